The Bertz CT molecular complexity index is 261. The molecule has 2 fully saturated rings. The maximum atomic E-state index is 11.2. The number of carbonyl (C=O) groups excluding carboxylic acids is 1. The molecule has 0 atom stereocenters. The van der Waals surface area contributed by atoms with E-state index in [2.05, 4.69) is 4.90 Å². The zero-order valence-corrected chi connectivity index (χ0v) is 8.92. The number of likely N-dealkylation sites (tertiary alicyclic amines) is 1. The Labute approximate surface area is 84.6 Å². The van der Waals surface area contributed by atoms with Crippen LogP contribution in [0.25, 0.3) is 0 Å². The summed E-state index contributed by atoms with van der Waals surface area (Å²) in [6, 6.07) is 0.383. The predicted octanol–water partition coefficient (Wildman–Crippen LogP) is -0.327. The molecule has 1 aliphatic carbocycles. The molecule has 2 aliphatic rings. The van der Waals surface area contributed by atoms with Gasteiger partial charge in [0.15, 0.2) is 0 Å². The number of carbonyl (C=O) groups is 1. The summed E-state index contributed by atoms with van der Waals surface area (Å²) in [6.45, 7) is 5.74. The summed E-state index contributed by atoms with van der Waals surface area (Å²) in [6.07, 6.45) is 2.22. The molecule has 14 heavy (non-hydrogen) atoms. The smallest absolute Gasteiger partial charge is 0.237 e. The Morgan fingerprint density at radius 1 is 1.43 bits per heavy atom. The average molecular weight is 197 g/mol. The van der Waals surface area contributed by atoms with E-state index in [9.17, 15) is 4.79 Å². The van der Waals surface area contributed by atoms with Crippen LogP contribution < -0.4 is 11.5 Å². The first-order valence-electron chi connectivity index (χ1n) is 5.16. The minimum atomic E-state index is -0.495. The third-order valence-corrected chi connectivity index (χ3v) is 3.84. The molecule has 4 N–H and O–H groups in total. The van der Waals surface area contributed by atoms with Gasteiger partial charge in [-0.1, -0.05) is 0 Å². The van der Waals surface area contributed by atoms with Crippen LogP contribution in [0.3, 0.4) is 0 Å². The van der Waals surface area contributed by atoms with Crippen LogP contribution in [-0.4, -0.2) is 35.5 Å². The van der Waals surface area contributed by atoms with Crippen LogP contribution >= 0.6 is 0 Å². The van der Waals surface area contributed by atoms with Crippen molar-refractivity contribution >= 4 is 5.91 Å². The highest BCUT2D eigenvalue weighted by Crippen LogP contribution is 2.49. The number of hydrogen-bond donors (Lipinski definition) is 2. The van der Waals surface area contributed by atoms with Crippen molar-refractivity contribution in [3.05, 3.63) is 0 Å². The summed E-state index contributed by atoms with van der Waals surface area (Å²) in [7, 11) is 0. The molecule has 0 unspecified atom stereocenters. The molecule has 0 aromatic carbocycles. The molecule has 1 heterocycles. The molecule has 0 radical (unpaired) electrons. The van der Waals surface area contributed by atoms with Gasteiger partial charge >= 0.3 is 0 Å². The van der Waals surface area contributed by atoms with Crippen LogP contribution in [0.15, 0.2) is 0 Å². The monoisotopic (exact) mass is 197 g/mol. The molecule has 0 aromatic heterocycles. The van der Waals surface area contributed by atoms with E-state index in [4.69, 9.17) is 11.5 Å². The van der Waals surface area contributed by atoms with E-state index in [-0.39, 0.29) is 5.91 Å². The van der Waals surface area contributed by atoms with E-state index >= 15 is 0 Å². The van der Waals surface area contributed by atoms with Crippen molar-refractivity contribution in [2.24, 2.45) is 16.9 Å². The van der Waals surface area contributed by atoms with Crippen molar-refractivity contribution in [2.45, 2.75) is 38.3 Å². The molecular weight excluding hydrogens is 178 g/mol. The molecule has 0 aromatic rings. The topological polar surface area (TPSA) is 72.4 Å². The van der Waals surface area contributed by atoms with Crippen molar-refractivity contribution in [3.63, 3.8) is 0 Å². The van der Waals surface area contributed by atoms with Gasteiger partial charge in [0.2, 0.25) is 5.91 Å². The van der Waals surface area contributed by atoms with Crippen LogP contribution in [0.1, 0.15) is 26.7 Å². The lowest BCUT2D eigenvalue weighted by molar-refractivity contribution is -0.148. The standard InChI is InChI=1S/C10H19N3O/c1-9(2,8(12)14)13-5-10(6-13)3-7(11)4-10/h7H,3-6,11H2,1-2H3,(H2,12,14). The Hall–Kier alpha value is -0.610. The number of primary amides is 1. The number of amides is 1. The number of rotatable bonds is 2. The first kappa shape index (κ1) is 9.93. The third-order valence-electron chi connectivity index (χ3n) is 3.84. The van der Waals surface area contributed by atoms with E-state index in [0.29, 0.717) is 11.5 Å². The van der Waals surface area contributed by atoms with Crippen LogP contribution in [0, 0.1) is 5.41 Å². The summed E-state index contributed by atoms with van der Waals surface area (Å²) < 4.78 is 0. The molecular formula is C10H19N3O. The Morgan fingerprint density at radius 3 is 2.29 bits per heavy atom. The minimum absolute atomic E-state index is 0.240. The van der Waals surface area contributed by atoms with Gasteiger partial charge in [-0.25, -0.2) is 0 Å². The lowest BCUT2D eigenvalue weighted by Crippen LogP contribution is -2.71. The minimum Gasteiger partial charge on any atom is -0.368 e. The molecule has 80 valence electrons. The summed E-state index contributed by atoms with van der Waals surface area (Å²) in [5.74, 6) is -0.240. The van der Waals surface area contributed by atoms with Crippen LogP contribution in [0.5, 0.6) is 0 Å². The first-order valence-corrected chi connectivity index (χ1v) is 5.16. The Kier molecular flexibility index (Phi) is 1.92. The zero-order chi connectivity index (χ0) is 10.6. The third kappa shape index (κ3) is 1.25. The van der Waals surface area contributed by atoms with Crippen molar-refractivity contribution in [3.8, 4) is 0 Å². The summed E-state index contributed by atoms with van der Waals surface area (Å²) in [5.41, 5.74) is 11.0. The molecule has 2 rings (SSSR count). The number of nitrogens with zero attached hydrogens (tertiary/aromatic N) is 1. The van der Waals surface area contributed by atoms with Crippen molar-refractivity contribution in [1.29, 1.82) is 0 Å². The lowest BCUT2D eigenvalue weighted by Gasteiger charge is -2.61. The lowest BCUT2D eigenvalue weighted by atomic mass is 9.60. The fourth-order valence-electron chi connectivity index (χ4n) is 2.63. The van der Waals surface area contributed by atoms with Gasteiger partial charge in [0.05, 0.1) is 5.54 Å². The average Bonchev–Trinajstić information content (AvgIpc) is 1.92. The molecule has 1 amide bonds. The van der Waals surface area contributed by atoms with E-state index in [0.717, 1.165) is 25.9 Å². The van der Waals surface area contributed by atoms with Crippen molar-refractivity contribution in [1.82, 2.24) is 4.90 Å². The van der Waals surface area contributed by atoms with Gasteiger partial charge in [-0.2, -0.15) is 0 Å². The normalized spacial score (nSPS) is 27.1. The van der Waals surface area contributed by atoms with Gasteiger partial charge in [-0.3, -0.25) is 9.69 Å². The van der Waals surface area contributed by atoms with Gasteiger partial charge in [-0.05, 0) is 32.1 Å². The van der Waals surface area contributed by atoms with Gasteiger partial charge < -0.3 is 11.5 Å². The van der Waals surface area contributed by atoms with Gasteiger partial charge in [-0.15, -0.1) is 0 Å². The van der Waals surface area contributed by atoms with Gasteiger partial charge in [0, 0.05) is 19.1 Å². The summed E-state index contributed by atoms with van der Waals surface area (Å²) in [5, 5.41) is 0. The number of hydrogen-bond acceptors (Lipinski definition) is 3. The Morgan fingerprint density at radius 2 is 1.93 bits per heavy atom. The fourth-order valence-corrected chi connectivity index (χ4v) is 2.63. The van der Waals surface area contributed by atoms with Crippen LogP contribution in [0.2, 0.25) is 0 Å². The second kappa shape index (κ2) is 2.70. The largest absolute Gasteiger partial charge is 0.368 e. The summed E-state index contributed by atoms with van der Waals surface area (Å²) in [4.78, 5) is 13.3. The molecule has 4 heteroatoms. The van der Waals surface area contributed by atoms with Crippen molar-refractivity contribution in [2.75, 3.05) is 13.1 Å². The highest BCUT2D eigenvalue weighted by molar-refractivity contribution is 5.83. The molecule has 4 nitrogen and oxygen atoms in total. The van der Waals surface area contributed by atoms with E-state index in [1.54, 1.807) is 0 Å². The first-order chi connectivity index (χ1) is 6.36. The van der Waals surface area contributed by atoms with E-state index in [1.165, 1.54) is 0 Å². The predicted molar refractivity (Wildman–Crippen MR) is 54.5 cm³/mol. The highest BCUT2D eigenvalue weighted by atomic mass is 16.1. The summed E-state index contributed by atoms with van der Waals surface area (Å²) >= 11 is 0. The maximum Gasteiger partial charge on any atom is 0.237 e. The zero-order valence-electron chi connectivity index (χ0n) is 8.92. The van der Waals surface area contributed by atoms with Crippen LogP contribution in [-0.2, 0) is 4.79 Å². The molecule has 0 bridgehead atoms. The van der Waals surface area contributed by atoms with E-state index in [1.807, 2.05) is 13.8 Å². The van der Waals surface area contributed by atoms with Crippen molar-refractivity contribution < 1.29 is 4.79 Å². The number of nitrogens with two attached hydrogens (primary N) is 2. The molecule has 1 saturated heterocycles. The van der Waals surface area contributed by atoms with Gasteiger partial charge in [0.1, 0.15) is 0 Å². The van der Waals surface area contributed by atoms with E-state index < -0.39 is 5.54 Å². The second-order valence-electron chi connectivity index (χ2n) is 5.45. The second-order valence-corrected chi connectivity index (χ2v) is 5.45. The van der Waals surface area contributed by atoms with Crippen LogP contribution in [0.4, 0.5) is 0 Å². The maximum absolute atomic E-state index is 11.2. The highest BCUT2D eigenvalue weighted by Gasteiger charge is 2.55. The molecule has 1 saturated carbocycles. The fraction of sp³-hybridized carbons (Fsp3) is 0.900. The molecule has 1 spiro atoms. The molecule has 1 aliphatic heterocycles. The van der Waals surface area contributed by atoms with Gasteiger partial charge in [0.25, 0.3) is 0 Å². The Balaban J connectivity index is 1.91. The SMILES string of the molecule is CC(C)(C(N)=O)N1CC2(CC(N)C2)C1. The quantitative estimate of drug-likeness (QED) is 0.637.